The number of hydrogen-bond acceptors (Lipinski definition) is 8. The molecule has 26 heavy (non-hydrogen) atoms. The molecule has 0 aliphatic heterocycles. The lowest BCUT2D eigenvalue weighted by Gasteiger charge is -2.08. The van der Waals surface area contributed by atoms with E-state index >= 15 is 0 Å². The fourth-order valence-electron chi connectivity index (χ4n) is 2.46. The highest BCUT2D eigenvalue weighted by molar-refractivity contribution is 7.90. The standard InChI is InChI=1S/C17H21N5O3S/c1-11(2)16-21-15(25-22-16)5-4-8-18-17-13-9-12(26(3,23)24)6-7-14(13)19-10-20-17/h6-7,9-11H,4-5,8H2,1-3H3,(H,18,19,20). The van der Waals surface area contributed by atoms with Crippen molar-refractivity contribution in [3.63, 3.8) is 0 Å². The van der Waals surface area contributed by atoms with Crippen LogP contribution in [0.1, 0.15) is 37.9 Å². The molecule has 0 saturated heterocycles. The first-order valence-corrected chi connectivity index (χ1v) is 10.2. The molecule has 8 nitrogen and oxygen atoms in total. The Labute approximate surface area is 152 Å². The van der Waals surface area contributed by atoms with Gasteiger partial charge in [0.1, 0.15) is 12.1 Å². The van der Waals surface area contributed by atoms with Crippen LogP contribution in [0.15, 0.2) is 33.9 Å². The van der Waals surface area contributed by atoms with Gasteiger partial charge in [-0.1, -0.05) is 19.0 Å². The molecule has 3 aromatic rings. The van der Waals surface area contributed by atoms with Crippen LogP contribution in [-0.2, 0) is 16.3 Å². The van der Waals surface area contributed by atoms with Crippen molar-refractivity contribution in [2.24, 2.45) is 0 Å². The average Bonchev–Trinajstić information content (AvgIpc) is 3.07. The summed E-state index contributed by atoms with van der Waals surface area (Å²) in [6.07, 6.45) is 4.07. The Morgan fingerprint density at radius 2 is 2.04 bits per heavy atom. The lowest BCUT2D eigenvalue weighted by molar-refractivity contribution is 0.369. The Morgan fingerprint density at radius 1 is 1.23 bits per heavy atom. The van der Waals surface area contributed by atoms with E-state index in [1.54, 1.807) is 18.2 Å². The van der Waals surface area contributed by atoms with E-state index in [1.807, 2.05) is 13.8 Å². The minimum Gasteiger partial charge on any atom is -0.369 e. The molecule has 0 aliphatic rings. The van der Waals surface area contributed by atoms with Crippen molar-refractivity contribution in [1.82, 2.24) is 20.1 Å². The van der Waals surface area contributed by atoms with Gasteiger partial charge in [0.2, 0.25) is 5.89 Å². The molecule has 0 bridgehead atoms. The zero-order valence-electron chi connectivity index (χ0n) is 14.9. The first-order chi connectivity index (χ1) is 12.3. The van der Waals surface area contributed by atoms with Gasteiger partial charge in [0.15, 0.2) is 15.7 Å². The SMILES string of the molecule is CC(C)c1noc(CCCNc2ncnc3ccc(S(C)(=O)=O)cc23)n1. The van der Waals surface area contributed by atoms with Gasteiger partial charge in [0, 0.05) is 30.5 Å². The Morgan fingerprint density at radius 3 is 2.73 bits per heavy atom. The minimum atomic E-state index is -3.29. The van der Waals surface area contributed by atoms with Crippen LogP contribution in [0.25, 0.3) is 10.9 Å². The fraction of sp³-hybridized carbons (Fsp3) is 0.412. The van der Waals surface area contributed by atoms with Gasteiger partial charge in [-0.2, -0.15) is 4.98 Å². The van der Waals surface area contributed by atoms with Gasteiger partial charge in [0.05, 0.1) is 10.4 Å². The summed E-state index contributed by atoms with van der Waals surface area (Å²) in [5.74, 6) is 2.17. The molecule has 0 unspecified atom stereocenters. The average molecular weight is 375 g/mol. The number of aryl methyl sites for hydroxylation is 1. The van der Waals surface area contributed by atoms with Crippen LogP contribution in [-0.4, -0.2) is 41.3 Å². The second kappa shape index (κ2) is 7.36. The van der Waals surface area contributed by atoms with Crippen LogP contribution < -0.4 is 5.32 Å². The second-order valence-corrected chi connectivity index (χ2v) is 8.42. The van der Waals surface area contributed by atoms with E-state index in [2.05, 4.69) is 25.4 Å². The summed E-state index contributed by atoms with van der Waals surface area (Å²) in [5, 5.41) is 7.85. The molecule has 138 valence electrons. The number of benzene rings is 1. The number of anilines is 1. The van der Waals surface area contributed by atoms with Crippen LogP contribution >= 0.6 is 0 Å². The maximum atomic E-state index is 11.8. The molecular formula is C17H21N5O3S. The molecule has 0 atom stereocenters. The van der Waals surface area contributed by atoms with E-state index < -0.39 is 9.84 Å². The topological polar surface area (TPSA) is 111 Å². The predicted molar refractivity (Wildman–Crippen MR) is 97.8 cm³/mol. The molecule has 2 heterocycles. The third-order valence-electron chi connectivity index (χ3n) is 3.90. The smallest absolute Gasteiger partial charge is 0.226 e. The molecule has 2 aromatic heterocycles. The van der Waals surface area contributed by atoms with Gasteiger partial charge in [0.25, 0.3) is 0 Å². The van der Waals surface area contributed by atoms with Crippen LogP contribution in [0.4, 0.5) is 5.82 Å². The summed E-state index contributed by atoms with van der Waals surface area (Å²) < 4.78 is 28.8. The molecule has 0 radical (unpaired) electrons. The molecule has 0 spiro atoms. The van der Waals surface area contributed by atoms with E-state index in [0.717, 1.165) is 6.42 Å². The molecule has 1 aromatic carbocycles. The number of fused-ring (bicyclic) bond motifs is 1. The van der Waals surface area contributed by atoms with Gasteiger partial charge in [-0.05, 0) is 24.6 Å². The lowest BCUT2D eigenvalue weighted by atomic mass is 10.2. The van der Waals surface area contributed by atoms with Crippen molar-refractivity contribution >= 4 is 26.6 Å². The first kappa shape index (κ1) is 18.2. The van der Waals surface area contributed by atoms with E-state index in [1.165, 1.54) is 12.6 Å². The van der Waals surface area contributed by atoms with Gasteiger partial charge in [-0.15, -0.1) is 0 Å². The van der Waals surface area contributed by atoms with Crippen LogP contribution in [0.5, 0.6) is 0 Å². The number of nitrogens with one attached hydrogen (secondary N) is 1. The van der Waals surface area contributed by atoms with Gasteiger partial charge in [-0.25, -0.2) is 18.4 Å². The van der Waals surface area contributed by atoms with Gasteiger partial charge in [-0.3, -0.25) is 0 Å². The van der Waals surface area contributed by atoms with Crippen LogP contribution in [0, 0.1) is 0 Å². The summed E-state index contributed by atoms with van der Waals surface area (Å²) in [6.45, 7) is 4.66. The number of rotatable bonds is 7. The summed E-state index contributed by atoms with van der Waals surface area (Å²) >= 11 is 0. The van der Waals surface area contributed by atoms with Crippen molar-refractivity contribution < 1.29 is 12.9 Å². The molecule has 1 N–H and O–H groups in total. The Hall–Kier alpha value is -2.55. The number of hydrogen-bond donors (Lipinski definition) is 1. The van der Waals surface area contributed by atoms with Crippen LogP contribution in [0.3, 0.4) is 0 Å². The van der Waals surface area contributed by atoms with Crippen molar-refractivity contribution in [2.45, 2.75) is 37.5 Å². The Bertz CT molecular complexity index is 1010. The summed E-state index contributed by atoms with van der Waals surface area (Å²) in [7, 11) is -3.29. The number of nitrogens with zero attached hydrogens (tertiary/aromatic N) is 4. The molecule has 3 rings (SSSR count). The zero-order chi connectivity index (χ0) is 18.7. The third kappa shape index (κ3) is 4.16. The van der Waals surface area contributed by atoms with Crippen molar-refractivity contribution in [3.8, 4) is 0 Å². The fourth-order valence-corrected chi connectivity index (χ4v) is 3.10. The molecule has 0 amide bonds. The first-order valence-electron chi connectivity index (χ1n) is 8.36. The molecule has 0 aliphatic carbocycles. The second-order valence-electron chi connectivity index (χ2n) is 6.40. The monoisotopic (exact) mass is 375 g/mol. The molecule has 9 heteroatoms. The van der Waals surface area contributed by atoms with Gasteiger partial charge >= 0.3 is 0 Å². The molecule has 0 saturated carbocycles. The maximum Gasteiger partial charge on any atom is 0.226 e. The largest absolute Gasteiger partial charge is 0.369 e. The van der Waals surface area contributed by atoms with Crippen molar-refractivity contribution in [2.75, 3.05) is 18.1 Å². The van der Waals surface area contributed by atoms with Gasteiger partial charge < -0.3 is 9.84 Å². The zero-order valence-corrected chi connectivity index (χ0v) is 15.7. The Balaban J connectivity index is 1.68. The van der Waals surface area contributed by atoms with E-state index in [4.69, 9.17) is 4.52 Å². The number of aromatic nitrogens is 4. The highest BCUT2D eigenvalue weighted by Crippen LogP contribution is 2.23. The third-order valence-corrected chi connectivity index (χ3v) is 5.01. The molecular weight excluding hydrogens is 354 g/mol. The normalized spacial score (nSPS) is 12.0. The maximum absolute atomic E-state index is 11.8. The predicted octanol–water partition coefficient (Wildman–Crippen LogP) is 2.58. The Kier molecular flexibility index (Phi) is 5.17. The number of sulfone groups is 1. The van der Waals surface area contributed by atoms with E-state index in [0.29, 0.717) is 41.4 Å². The highest BCUT2D eigenvalue weighted by Gasteiger charge is 2.12. The van der Waals surface area contributed by atoms with E-state index in [9.17, 15) is 8.42 Å². The summed E-state index contributed by atoms with van der Waals surface area (Å²) in [4.78, 5) is 13.0. The summed E-state index contributed by atoms with van der Waals surface area (Å²) in [5.41, 5.74) is 0.688. The van der Waals surface area contributed by atoms with Crippen LogP contribution in [0.2, 0.25) is 0 Å². The minimum absolute atomic E-state index is 0.238. The van der Waals surface area contributed by atoms with Crippen molar-refractivity contribution in [1.29, 1.82) is 0 Å². The lowest BCUT2D eigenvalue weighted by Crippen LogP contribution is -2.06. The van der Waals surface area contributed by atoms with Crippen molar-refractivity contribution in [3.05, 3.63) is 36.2 Å². The van der Waals surface area contributed by atoms with E-state index in [-0.39, 0.29) is 10.8 Å². The summed E-state index contributed by atoms with van der Waals surface area (Å²) in [6, 6.07) is 4.83. The molecule has 0 fully saturated rings. The highest BCUT2D eigenvalue weighted by atomic mass is 32.2. The quantitative estimate of drug-likeness (QED) is 0.627.